The third kappa shape index (κ3) is 4.93. The molecule has 19 heavy (non-hydrogen) atoms. The second kappa shape index (κ2) is 7.16. The van der Waals surface area contributed by atoms with Crippen molar-refractivity contribution in [3.05, 3.63) is 27.1 Å². The molecule has 0 spiro atoms. The summed E-state index contributed by atoms with van der Waals surface area (Å²) in [6.45, 7) is -0.531. The summed E-state index contributed by atoms with van der Waals surface area (Å²) in [6, 6.07) is 4.63. The van der Waals surface area contributed by atoms with Crippen LogP contribution in [0.15, 0.2) is 27.1 Å². The fourth-order valence-electron chi connectivity index (χ4n) is 1.26. The quantitative estimate of drug-likeness (QED) is 0.778. The first kappa shape index (κ1) is 15.5. The molecule has 1 rings (SSSR count). The van der Waals surface area contributed by atoms with Crippen molar-refractivity contribution in [1.29, 1.82) is 0 Å². The van der Waals surface area contributed by atoms with Crippen LogP contribution >= 0.6 is 31.9 Å². The molecule has 2 N–H and O–H groups in total. The first-order valence-corrected chi connectivity index (χ1v) is 6.69. The summed E-state index contributed by atoms with van der Waals surface area (Å²) in [7, 11) is 0. The van der Waals surface area contributed by atoms with Crippen LogP contribution in [0.4, 0.5) is 10.5 Å². The molecule has 0 saturated heterocycles. The number of nitrogens with zero attached hydrogens (tertiary/aromatic N) is 1. The summed E-state index contributed by atoms with van der Waals surface area (Å²) >= 11 is 6.59. The second-order valence-electron chi connectivity index (χ2n) is 3.51. The maximum Gasteiger partial charge on any atom is 0.323 e. The summed E-state index contributed by atoms with van der Waals surface area (Å²) in [4.78, 5) is 23.6. The van der Waals surface area contributed by atoms with Crippen LogP contribution in [0.5, 0.6) is 0 Å². The molecule has 100 valence electrons. The van der Waals surface area contributed by atoms with E-state index in [-0.39, 0.29) is 6.54 Å². The van der Waals surface area contributed by atoms with Crippen LogP contribution in [0.25, 0.3) is 0 Å². The number of halogens is 2. The van der Waals surface area contributed by atoms with Gasteiger partial charge in [0.2, 0.25) is 0 Å². The molecule has 0 bridgehead atoms. The molecule has 0 aliphatic rings. The molecule has 0 unspecified atom stereocenters. The zero-order valence-electron chi connectivity index (χ0n) is 9.69. The number of hydrogen-bond acceptors (Lipinski definition) is 2. The first-order valence-electron chi connectivity index (χ1n) is 5.10. The van der Waals surface area contributed by atoms with Gasteiger partial charge in [-0.3, -0.25) is 4.79 Å². The van der Waals surface area contributed by atoms with E-state index in [1.54, 1.807) is 18.2 Å². The third-order valence-electron chi connectivity index (χ3n) is 2.07. The number of carboxylic acids is 1. The Morgan fingerprint density at radius 3 is 2.63 bits per heavy atom. The van der Waals surface area contributed by atoms with E-state index in [2.05, 4.69) is 43.1 Å². The highest BCUT2D eigenvalue weighted by atomic mass is 79.9. The van der Waals surface area contributed by atoms with Gasteiger partial charge in [-0.05, 0) is 34.1 Å². The number of anilines is 1. The van der Waals surface area contributed by atoms with Crippen LogP contribution in [-0.2, 0) is 4.79 Å². The highest BCUT2D eigenvalue weighted by molar-refractivity contribution is 9.11. The molecule has 0 atom stereocenters. The molecule has 0 fully saturated rings. The van der Waals surface area contributed by atoms with E-state index in [9.17, 15) is 9.59 Å². The largest absolute Gasteiger partial charge is 0.480 e. The molecule has 0 saturated carbocycles. The van der Waals surface area contributed by atoms with Gasteiger partial charge in [0.1, 0.15) is 6.54 Å². The number of carboxylic acid groups (broad SMARTS) is 1. The number of amides is 2. The zero-order valence-corrected chi connectivity index (χ0v) is 12.9. The SMILES string of the molecule is C#CCN(CC(=O)O)C(=O)Nc1ccc(Br)cc1Br. The molecule has 0 radical (unpaired) electrons. The number of carbonyl (C=O) groups excluding carboxylic acids is 1. The molecule has 0 heterocycles. The zero-order chi connectivity index (χ0) is 14.4. The van der Waals surface area contributed by atoms with Gasteiger partial charge in [0.25, 0.3) is 0 Å². The third-order valence-corrected chi connectivity index (χ3v) is 3.22. The number of urea groups is 1. The fraction of sp³-hybridized carbons (Fsp3) is 0.167. The van der Waals surface area contributed by atoms with Crippen LogP contribution in [0.1, 0.15) is 0 Å². The van der Waals surface area contributed by atoms with Crippen LogP contribution in [0.2, 0.25) is 0 Å². The summed E-state index contributed by atoms with van der Waals surface area (Å²) in [6.07, 6.45) is 5.11. The Morgan fingerprint density at radius 2 is 2.11 bits per heavy atom. The number of aliphatic carboxylic acids is 1. The average molecular weight is 390 g/mol. The van der Waals surface area contributed by atoms with Crippen LogP contribution in [0.3, 0.4) is 0 Å². The molecule has 5 nitrogen and oxygen atoms in total. The molecule has 1 aromatic rings. The van der Waals surface area contributed by atoms with Gasteiger partial charge < -0.3 is 15.3 Å². The lowest BCUT2D eigenvalue weighted by atomic mass is 10.3. The Labute approximate surface area is 127 Å². The summed E-state index contributed by atoms with van der Waals surface area (Å²) in [5.41, 5.74) is 0.528. The first-order chi connectivity index (χ1) is 8.93. The molecule has 2 amide bonds. The number of rotatable bonds is 4. The highest BCUT2D eigenvalue weighted by Crippen LogP contribution is 2.26. The van der Waals surface area contributed by atoms with E-state index in [1.165, 1.54) is 0 Å². The van der Waals surface area contributed by atoms with Crippen LogP contribution in [-0.4, -0.2) is 35.1 Å². The average Bonchev–Trinajstić information content (AvgIpc) is 2.31. The van der Waals surface area contributed by atoms with Crippen molar-refractivity contribution in [2.75, 3.05) is 18.4 Å². The predicted molar refractivity (Wildman–Crippen MR) is 78.9 cm³/mol. The van der Waals surface area contributed by atoms with Gasteiger partial charge in [-0.1, -0.05) is 21.9 Å². The van der Waals surface area contributed by atoms with Gasteiger partial charge in [-0.15, -0.1) is 6.42 Å². The highest BCUT2D eigenvalue weighted by Gasteiger charge is 2.16. The molecule has 1 aromatic carbocycles. The number of benzene rings is 1. The second-order valence-corrected chi connectivity index (χ2v) is 5.28. The van der Waals surface area contributed by atoms with Crippen LogP contribution < -0.4 is 5.32 Å². The van der Waals surface area contributed by atoms with Gasteiger partial charge in [0, 0.05) is 8.95 Å². The van der Waals surface area contributed by atoms with Gasteiger partial charge in [-0.25, -0.2) is 4.79 Å². The van der Waals surface area contributed by atoms with Crippen molar-refractivity contribution >= 4 is 49.5 Å². The van der Waals surface area contributed by atoms with Gasteiger partial charge in [0.15, 0.2) is 0 Å². The number of carbonyl (C=O) groups is 2. The van der Waals surface area contributed by atoms with Gasteiger partial charge in [0.05, 0.1) is 12.2 Å². The van der Waals surface area contributed by atoms with Crippen molar-refractivity contribution in [2.45, 2.75) is 0 Å². The number of terminal acetylenes is 1. The molecule has 7 heteroatoms. The van der Waals surface area contributed by atoms with E-state index in [4.69, 9.17) is 11.5 Å². The van der Waals surface area contributed by atoms with Crippen molar-refractivity contribution in [3.8, 4) is 12.3 Å². The van der Waals surface area contributed by atoms with Gasteiger partial charge in [-0.2, -0.15) is 0 Å². The fourth-order valence-corrected chi connectivity index (χ4v) is 2.40. The van der Waals surface area contributed by atoms with E-state index in [0.717, 1.165) is 9.37 Å². The van der Waals surface area contributed by atoms with E-state index >= 15 is 0 Å². The van der Waals surface area contributed by atoms with Gasteiger partial charge >= 0.3 is 12.0 Å². The van der Waals surface area contributed by atoms with E-state index in [0.29, 0.717) is 10.2 Å². The lowest BCUT2D eigenvalue weighted by Gasteiger charge is -2.19. The van der Waals surface area contributed by atoms with Crippen molar-refractivity contribution in [1.82, 2.24) is 4.90 Å². The molecular weight excluding hydrogens is 380 g/mol. The predicted octanol–water partition coefficient (Wildman–Crippen LogP) is 2.76. The minimum atomic E-state index is -1.12. The summed E-state index contributed by atoms with van der Waals surface area (Å²) in [5.74, 6) is 1.12. The summed E-state index contributed by atoms with van der Waals surface area (Å²) in [5, 5.41) is 11.3. The topological polar surface area (TPSA) is 69.6 Å². The minimum absolute atomic E-state index is 0.0771. The Bertz CT molecular complexity index is 540. The van der Waals surface area contributed by atoms with Crippen LogP contribution in [0, 0.1) is 12.3 Å². The minimum Gasteiger partial charge on any atom is -0.480 e. The standard InChI is InChI=1S/C12H10Br2N2O3/c1-2-5-16(7-11(17)18)12(19)15-10-4-3-8(13)6-9(10)14/h1,3-4,6H,5,7H2,(H,15,19)(H,17,18). The van der Waals surface area contributed by atoms with E-state index in [1.807, 2.05) is 0 Å². The Kier molecular flexibility index (Phi) is 5.86. The Hall–Kier alpha value is -1.52. The van der Waals surface area contributed by atoms with Crippen molar-refractivity contribution in [2.24, 2.45) is 0 Å². The molecule has 0 aliphatic heterocycles. The molecule has 0 aromatic heterocycles. The smallest absolute Gasteiger partial charge is 0.323 e. The lowest BCUT2D eigenvalue weighted by molar-refractivity contribution is -0.137. The van der Waals surface area contributed by atoms with Crippen molar-refractivity contribution < 1.29 is 14.7 Å². The van der Waals surface area contributed by atoms with Crippen molar-refractivity contribution in [3.63, 3.8) is 0 Å². The molecular formula is C12H10Br2N2O3. The molecule has 0 aliphatic carbocycles. The Morgan fingerprint density at radius 1 is 1.42 bits per heavy atom. The monoisotopic (exact) mass is 388 g/mol. The maximum absolute atomic E-state index is 11.9. The number of nitrogens with one attached hydrogen (secondary N) is 1. The normalized spacial score (nSPS) is 9.53. The summed E-state index contributed by atoms with van der Waals surface area (Å²) < 4.78 is 1.52. The lowest BCUT2D eigenvalue weighted by Crippen LogP contribution is -2.39. The Balaban J connectivity index is 2.81. The number of hydrogen-bond donors (Lipinski definition) is 2. The maximum atomic E-state index is 11.9. The van der Waals surface area contributed by atoms with E-state index < -0.39 is 18.5 Å².